The van der Waals surface area contributed by atoms with E-state index in [1.807, 2.05) is 5.38 Å². The first-order valence-corrected chi connectivity index (χ1v) is 10.3. The third-order valence-corrected chi connectivity index (χ3v) is 6.11. The quantitative estimate of drug-likeness (QED) is 0.761. The molecule has 1 N–H and O–H groups in total. The van der Waals surface area contributed by atoms with E-state index < -0.39 is 0 Å². The van der Waals surface area contributed by atoms with Crippen LogP contribution < -0.4 is 5.32 Å². The first kappa shape index (κ1) is 18.7. The molecule has 1 saturated heterocycles. The lowest BCUT2D eigenvalue weighted by atomic mass is 9.86. The number of hydrogen-bond acceptors (Lipinski definition) is 5. The molecular formula is C17H29N3OS2. The Hall–Kier alpha value is -0.590. The van der Waals surface area contributed by atoms with Gasteiger partial charge in [0.1, 0.15) is 4.34 Å². The van der Waals surface area contributed by atoms with E-state index in [9.17, 15) is 4.79 Å². The molecule has 1 aliphatic heterocycles. The van der Waals surface area contributed by atoms with E-state index in [4.69, 9.17) is 0 Å². The standard InChI is InChI=1S/C17H29N3OS2/c1-5-22-16-18-13(12-23-16)10-15(21)19-14(17(2,3)4)11-20-8-6-7-9-20/h12,14H,5-11H2,1-4H3,(H,19,21)/t14-/m1/s1. The number of nitrogens with zero attached hydrogens (tertiary/aromatic N) is 2. The molecule has 2 heterocycles. The number of likely N-dealkylation sites (tertiary alicyclic amines) is 1. The first-order chi connectivity index (χ1) is 10.9. The van der Waals surface area contributed by atoms with Crippen molar-refractivity contribution >= 4 is 29.0 Å². The van der Waals surface area contributed by atoms with Crippen molar-refractivity contribution in [2.75, 3.05) is 25.4 Å². The summed E-state index contributed by atoms with van der Waals surface area (Å²) in [5.74, 6) is 1.10. The highest BCUT2D eigenvalue weighted by atomic mass is 32.2. The van der Waals surface area contributed by atoms with Crippen LogP contribution in [0.4, 0.5) is 0 Å². The van der Waals surface area contributed by atoms with Gasteiger partial charge in [0.05, 0.1) is 12.1 Å². The summed E-state index contributed by atoms with van der Waals surface area (Å²) in [6.45, 7) is 12.0. The maximum atomic E-state index is 12.4. The molecule has 0 aromatic carbocycles. The third kappa shape index (κ3) is 6.08. The van der Waals surface area contributed by atoms with Gasteiger partial charge in [-0.3, -0.25) is 4.79 Å². The van der Waals surface area contributed by atoms with Crippen molar-refractivity contribution in [3.8, 4) is 0 Å². The van der Waals surface area contributed by atoms with E-state index in [2.05, 4.69) is 42.9 Å². The van der Waals surface area contributed by atoms with Crippen molar-refractivity contribution in [3.05, 3.63) is 11.1 Å². The summed E-state index contributed by atoms with van der Waals surface area (Å²) in [4.78, 5) is 19.4. The molecular weight excluding hydrogens is 326 g/mol. The Morgan fingerprint density at radius 1 is 1.43 bits per heavy atom. The zero-order valence-electron chi connectivity index (χ0n) is 14.7. The van der Waals surface area contributed by atoms with Crippen LogP contribution in [0.1, 0.15) is 46.2 Å². The number of carbonyl (C=O) groups is 1. The van der Waals surface area contributed by atoms with Crippen LogP contribution in [-0.4, -0.2) is 47.2 Å². The van der Waals surface area contributed by atoms with Gasteiger partial charge in [0.25, 0.3) is 0 Å². The Morgan fingerprint density at radius 3 is 2.74 bits per heavy atom. The summed E-state index contributed by atoms with van der Waals surface area (Å²) in [5, 5.41) is 5.25. The van der Waals surface area contributed by atoms with Crippen LogP contribution in [0.25, 0.3) is 0 Å². The summed E-state index contributed by atoms with van der Waals surface area (Å²) < 4.78 is 1.06. The second kappa shape index (κ2) is 8.49. The topological polar surface area (TPSA) is 45.2 Å². The molecule has 0 radical (unpaired) electrons. The Balaban J connectivity index is 1.90. The van der Waals surface area contributed by atoms with Crippen molar-refractivity contribution in [2.24, 2.45) is 5.41 Å². The summed E-state index contributed by atoms with van der Waals surface area (Å²) in [7, 11) is 0. The van der Waals surface area contributed by atoms with Crippen molar-refractivity contribution in [3.63, 3.8) is 0 Å². The van der Waals surface area contributed by atoms with Crippen LogP contribution in [0, 0.1) is 5.41 Å². The molecule has 6 heteroatoms. The molecule has 0 aliphatic carbocycles. The van der Waals surface area contributed by atoms with E-state index >= 15 is 0 Å². The van der Waals surface area contributed by atoms with Crippen molar-refractivity contribution in [1.29, 1.82) is 0 Å². The second-order valence-electron chi connectivity index (χ2n) is 7.21. The number of hydrogen-bond donors (Lipinski definition) is 1. The minimum Gasteiger partial charge on any atom is -0.351 e. The largest absolute Gasteiger partial charge is 0.351 e. The molecule has 4 nitrogen and oxygen atoms in total. The van der Waals surface area contributed by atoms with Gasteiger partial charge in [-0.05, 0) is 37.1 Å². The molecule has 1 aliphatic rings. The van der Waals surface area contributed by atoms with Gasteiger partial charge in [-0.1, -0.05) is 39.5 Å². The smallest absolute Gasteiger partial charge is 0.226 e. The molecule has 0 unspecified atom stereocenters. The summed E-state index contributed by atoms with van der Waals surface area (Å²) in [6, 6.07) is 0.177. The predicted octanol–water partition coefficient (Wildman–Crippen LogP) is 3.42. The normalized spacial score (nSPS) is 17.4. The fourth-order valence-electron chi connectivity index (χ4n) is 2.73. The van der Waals surface area contributed by atoms with Gasteiger partial charge >= 0.3 is 0 Å². The minimum absolute atomic E-state index is 0.0591. The number of aromatic nitrogens is 1. The van der Waals surface area contributed by atoms with Gasteiger partial charge < -0.3 is 10.2 Å². The van der Waals surface area contributed by atoms with Gasteiger partial charge in [0.2, 0.25) is 5.91 Å². The van der Waals surface area contributed by atoms with E-state index in [1.165, 1.54) is 12.8 Å². The van der Waals surface area contributed by atoms with Crippen LogP contribution in [-0.2, 0) is 11.2 Å². The summed E-state index contributed by atoms with van der Waals surface area (Å²) in [5.41, 5.74) is 0.945. The monoisotopic (exact) mass is 355 g/mol. The highest BCUT2D eigenvalue weighted by Gasteiger charge is 2.29. The number of thioether (sulfide) groups is 1. The average Bonchev–Trinajstić information content (AvgIpc) is 3.09. The highest BCUT2D eigenvalue weighted by Crippen LogP contribution is 2.24. The van der Waals surface area contributed by atoms with Gasteiger partial charge in [-0.2, -0.15) is 0 Å². The van der Waals surface area contributed by atoms with Crippen LogP contribution in [0.5, 0.6) is 0 Å². The molecule has 23 heavy (non-hydrogen) atoms. The van der Waals surface area contributed by atoms with Gasteiger partial charge in [-0.15, -0.1) is 11.3 Å². The molecule has 1 aromatic heterocycles. The maximum absolute atomic E-state index is 12.4. The molecule has 0 bridgehead atoms. The predicted molar refractivity (Wildman–Crippen MR) is 99.3 cm³/mol. The molecule has 0 saturated carbocycles. The molecule has 1 aromatic rings. The number of nitrogens with one attached hydrogen (secondary N) is 1. The van der Waals surface area contributed by atoms with Crippen LogP contribution in [0.15, 0.2) is 9.72 Å². The molecule has 2 rings (SSSR count). The molecule has 1 amide bonds. The molecule has 0 spiro atoms. The van der Waals surface area contributed by atoms with Crippen LogP contribution in [0.2, 0.25) is 0 Å². The molecule has 130 valence electrons. The zero-order valence-corrected chi connectivity index (χ0v) is 16.4. The SMILES string of the molecule is CCSc1nc(CC(=O)N[C@H](CN2CCCC2)C(C)(C)C)cs1. The fraction of sp³-hybridized carbons (Fsp3) is 0.765. The Morgan fingerprint density at radius 2 is 2.13 bits per heavy atom. The lowest BCUT2D eigenvalue weighted by Crippen LogP contribution is -2.50. The number of rotatable bonds is 7. The lowest BCUT2D eigenvalue weighted by molar-refractivity contribution is -0.122. The Labute approximate surface area is 148 Å². The average molecular weight is 356 g/mol. The van der Waals surface area contributed by atoms with E-state index in [-0.39, 0.29) is 17.4 Å². The highest BCUT2D eigenvalue weighted by molar-refractivity contribution is 8.00. The Kier molecular flexibility index (Phi) is 6.92. The van der Waals surface area contributed by atoms with Gasteiger partial charge in [0.15, 0.2) is 0 Å². The number of thiazole rings is 1. The van der Waals surface area contributed by atoms with E-state index in [1.54, 1.807) is 23.1 Å². The van der Waals surface area contributed by atoms with Crippen LogP contribution in [0.3, 0.4) is 0 Å². The lowest BCUT2D eigenvalue weighted by Gasteiger charge is -2.34. The first-order valence-electron chi connectivity index (χ1n) is 8.47. The second-order valence-corrected chi connectivity index (χ2v) is 9.58. The zero-order chi connectivity index (χ0) is 16.9. The van der Waals surface area contributed by atoms with Crippen LogP contribution >= 0.6 is 23.1 Å². The van der Waals surface area contributed by atoms with Crippen molar-refractivity contribution in [1.82, 2.24) is 15.2 Å². The van der Waals surface area contributed by atoms with E-state index in [0.717, 1.165) is 35.4 Å². The fourth-order valence-corrected chi connectivity index (χ4v) is 4.47. The number of carbonyl (C=O) groups excluding carboxylic acids is 1. The summed E-state index contributed by atoms with van der Waals surface area (Å²) in [6.07, 6.45) is 2.94. The van der Waals surface area contributed by atoms with E-state index in [0.29, 0.717) is 6.42 Å². The minimum atomic E-state index is 0.0591. The van der Waals surface area contributed by atoms with Crippen molar-refractivity contribution in [2.45, 2.75) is 57.3 Å². The third-order valence-electron chi connectivity index (χ3n) is 4.16. The number of amides is 1. The summed E-state index contributed by atoms with van der Waals surface area (Å²) >= 11 is 3.36. The molecule has 1 fully saturated rings. The Bertz CT molecular complexity index is 504. The molecule has 1 atom stereocenters. The maximum Gasteiger partial charge on any atom is 0.226 e. The van der Waals surface area contributed by atoms with Crippen molar-refractivity contribution < 1.29 is 4.79 Å². The van der Waals surface area contributed by atoms with Gasteiger partial charge in [0, 0.05) is 18.0 Å². The van der Waals surface area contributed by atoms with Gasteiger partial charge in [-0.25, -0.2) is 4.98 Å².